The largest absolute Gasteiger partial charge is 0.357 e. The molecule has 1 aliphatic heterocycles. The van der Waals surface area contributed by atoms with Crippen LogP contribution in [-0.2, 0) is 0 Å². The number of hydrogen-bond acceptors (Lipinski definition) is 2. The third kappa shape index (κ3) is 2.33. The molecular formula is C10H13IN2. The number of piperidine rings is 1. The maximum Gasteiger partial charge on any atom is 0.129 e. The van der Waals surface area contributed by atoms with E-state index in [1.54, 1.807) is 0 Å². The van der Waals surface area contributed by atoms with E-state index in [1.807, 2.05) is 6.07 Å². The summed E-state index contributed by atoms with van der Waals surface area (Å²) >= 11 is 2.26. The average molecular weight is 288 g/mol. The van der Waals surface area contributed by atoms with Gasteiger partial charge in [-0.3, -0.25) is 0 Å². The molecule has 70 valence electrons. The van der Waals surface area contributed by atoms with Crippen molar-refractivity contribution in [3.05, 3.63) is 21.9 Å². The molecule has 1 aliphatic rings. The third-order valence-electron chi connectivity index (χ3n) is 2.38. The lowest BCUT2D eigenvalue weighted by atomic mass is 10.1. The SMILES string of the molecule is Ic1cccc(N2CCCCC2)n1. The van der Waals surface area contributed by atoms with Crippen molar-refractivity contribution in [3.63, 3.8) is 0 Å². The van der Waals surface area contributed by atoms with Crippen LogP contribution in [0.2, 0.25) is 0 Å². The average Bonchev–Trinajstić information content (AvgIpc) is 2.19. The van der Waals surface area contributed by atoms with E-state index >= 15 is 0 Å². The van der Waals surface area contributed by atoms with Crippen molar-refractivity contribution in [1.29, 1.82) is 0 Å². The molecule has 1 aromatic rings. The highest BCUT2D eigenvalue weighted by atomic mass is 127. The van der Waals surface area contributed by atoms with Gasteiger partial charge in [-0.15, -0.1) is 0 Å². The van der Waals surface area contributed by atoms with Crippen LogP contribution in [0, 0.1) is 3.70 Å². The number of aromatic nitrogens is 1. The molecule has 2 heterocycles. The van der Waals surface area contributed by atoms with Crippen molar-refractivity contribution < 1.29 is 0 Å². The number of anilines is 1. The van der Waals surface area contributed by atoms with Crippen LogP contribution in [0.1, 0.15) is 19.3 Å². The molecular weight excluding hydrogens is 275 g/mol. The van der Waals surface area contributed by atoms with Gasteiger partial charge in [0.15, 0.2) is 0 Å². The molecule has 1 aromatic heterocycles. The highest BCUT2D eigenvalue weighted by Gasteiger charge is 2.11. The lowest BCUT2D eigenvalue weighted by Gasteiger charge is -2.27. The Hall–Kier alpha value is -0.320. The van der Waals surface area contributed by atoms with Crippen LogP contribution in [0.15, 0.2) is 18.2 Å². The summed E-state index contributed by atoms with van der Waals surface area (Å²) in [5.41, 5.74) is 0. The molecule has 0 saturated carbocycles. The zero-order chi connectivity index (χ0) is 9.10. The number of halogens is 1. The van der Waals surface area contributed by atoms with Crippen LogP contribution < -0.4 is 4.90 Å². The normalized spacial score (nSPS) is 17.5. The van der Waals surface area contributed by atoms with Crippen molar-refractivity contribution in [3.8, 4) is 0 Å². The minimum absolute atomic E-state index is 1.08. The van der Waals surface area contributed by atoms with Gasteiger partial charge in [-0.1, -0.05) is 6.07 Å². The second-order valence-corrected chi connectivity index (χ2v) is 4.47. The molecule has 3 heteroatoms. The van der Waals surface area contributed by atoms with E-state index in [9.17, 15) is 0 Å². The molecule has 0 radical (unpaired) electrons. The highest BCUT2D eigenvalue weighted by Crippen LogP contribution is 2.17. The molecule has 0 unspecified atom stereocenters. The predicted octanol–water partition coefficient (Wildman–Crippen LogP) is 2.68. The second-order valence-electron chi connectivity index (χ2n) is 3.37. The first kappa shape index (κ1) is 9.24. The van der Waals surface area contributed by atoms with Gasteiger partial charge in [0.1, 0.15) is 9.52 Å². The number of hydrogen-bond donors (Lipinski definition) is 0. The van der Waals surface area contributed by atoms with Crippen LogP contribution in [0.4, 0.5) is 5.82 Å². The minimum Gasteiger partial charge on any atom is -0.357 e. The van der Waals surface area contributed by atoms with Crippen molar-refractivity contribution in [2.45, 2.75) is 19.3 Å². The molecule has 0 aromatic carbocycles. The second kappa shape index (κ2) is 4.26. The molecule has 0 N–H and O–H groups in total. The van der Waals surface area contributed by atoms with Crippen molar-refractivity contribution in [1.82, 2.24) is 4.98 Å². The van der Waals surface area contributed by atoms with Crippen LogP contribution in [0.3, 0.4) is 0 Å². The van der Waals surface area contributed by atoms with Gasteiger partial charge in [-0.25, -0.2) is 4.98 Å². The first-order chi connectivity index (χ1) is 6.36. The van der Waals surface area contributed by atoms with Crippen LogP contribution >= 0.6 is 22.6 Å². The Kier molecular flexibility index (Phi) is 3.03. The van der Waals surface area contributed by atoms with E-state index in [1.165, 1.54) is 32.4 Å². The zero-order valence-electron chi connectivity index (χ0n) is 7.54. The van der Waals surface area contributed by atoms with E-state index < -0.39 is 0 Å². The third-order valence-corrected chi connectivity index (χ3v) is 2.98. The van der Waals surface area contributed by atoms with Gasteiger partial charge in [-0.05, 0) is 54.0 Å². The van der Waals surface area contributed by atoms with Crippen molar-refractivity contribution >= 4 is 28.4 Å². The Balaban J connectivity index is 2.14. The summed E-state index contributed by atoms with van der Waals surface area (Å²) in [7, 11) is 0. The summed E-state index contributed by atoms with van der Waals surface area (Å²) in [6.07, 6.45) is 4.00. The summed E-state index contributed by atoms with van der Waals surface area (Å²) in [6, 6.07) is 6.22. The van der Waals surface area contributed by atoms with E-state index in [-0.39, 0.29) is 0 Å². The minimum atomic E-state index is 1.08. The zero-order valence-corrected chi connectivity index (χ0v) is 9.70. The Bertz CT molecular complexity index is 282. The van der Waals surface area contributed by atoms with E-state index in [0.717, 1.165) is 9.52 Å². The lowest BCUT2D eigenvalue weighted by molar-refractivity contribution is 0.573. The van der Waals surface area contributed by atoms with Crippen LogP contribution in [0.25, 0.3) is 0 Å². The fourth-order valence-electron chi connectivity index (χ4n) is 1.70. The molecule has 0 amide bonds. The Morgan fingerprint density at radius 3 is 2.62 bits per heavy atom. The van der Waals surface area contributed by atoms with Gasteiger partial charge in [0.2, 0.25) is 0 Å². The van der Waals surface area contributed by atoms with Gasteiger partial charge in [0.25, 0.3) is 0 Å². The van der Waals surface area contributed by atoms with E-state index in [4.69, 9.17) is 0 Å². The number of nitrogens with zero attached hydrogens (tertiary/aromatic N) is 2. The fraction of sp³-hybridized carbons (Fsp3) is 0.500. The molecule has 1 saturated heterocycles. The molecule has 0 atom stereocenters. The quantitative estimate of drug-likeness (QED) is 0.583. The molecule has 2 rings (SSSR count). The van der Waals surface area contributed by atoms with Gasteiger partial charge in [0.05, 0.1) is 0 Å². The number of pyridine rings is 1. The first-order valence-electron chi connectivity index (χ1n) is 4.74. The molecule has 0 aliphatic carbocycles. The number of rotatable bonds is 1. The van der Waals surface area contributed by atoms with Gasteiger partial charge in [-0.2, -0.15) is 0 Å². The van der Waals surface area contributed by atoms with Gasteiger partial charge >= 0.3 is 0 Å². The van der Waals surface area contributed by atoms with Gasteiger partial charge < -0.3 is 4.90 Å². The Labute approximate surface area is 92.5 Å². The lowest BCUT2D eigenvalue weighted by Crippen LogP contribution is -2.30. The van der Waals surface area contributed by atoms with E-state index in [2.05, 4.69) is 44.6 Å². The van der Waals surface area contributed by atoms with Crippen molar-refractivity contribution in [2.24, 2.45) is 0 Å². The summed E-state index contributed by atoms with van der Waals surface area (Å²) in [5.74, 6) is 1.14. The summed E-state index contributed by atoms with van der Waals surface area (Å²) in [6.45, 7) is 2.35. The maximum absolute atomic E-state index is 4.51. The highest BCUT2D eigenvalue weighted by molar-refractivity contribution is 14.1. The summed E-state index contributed by atoms with van der Waals surface area (Å²) in [5, 5.41) is 0. The van der Waals surface area contributed by atoms with Crippen molar-refractivity contribution in [2.75, 3.05) is 18.0 Å². The standard InChI is InChI=1S/C10H13IN2/c11-9-5-4-6-10(12-9)13-7-2-1-3-8-13/h4-6H,1-3,7-8H2. The predicted molar refractivity (Wildman–Crippen MR) is 63.0 cm³/mol. The summed E-state index contributed by atoms with van der Waals surface area (Å²) < 4.78 is 1.08. The smallest absolute Gasteiger partial charge is 0.129 e. The van der Waals surface area contributed by atoms with E-state index in [0.29, 0.717) is 0 Å². The monoisotopic (exact) mass is 288 g/mol. The molecule has 1 fully saturated rings. The Morgan fingerprint density at radius 1 is 1.15 bits per heavy atom. The maximum atomic E-state index is 4.51. The molecule has 0 bridgehead atoms. The van der Waals surface area contributed by atoms with Crippen LogP contribution in [0.5, 0.6) is 0 Å². The van der Waals surface area contributed by atoms with Crippen LogP contribution in [-0.4, -0.2) is 18.1 Å². The fourth-order valence-corrected chi connectivity index (χ4v) is 2.15. The summed E-state index contributed by atoms with van der Waals surface area (Å²) in [4.78, 5) is 6.89. The van der Waals surface area contributed by atoms with Gasteiger partial charge in [0, 0.05) is 13.1 Å². The molecule has 13 heavy (non-hydrogen) atoms. The topological polar surface area (TPSA) is 16.1 Å². The first-order valence-corrected chi connectivity index (χ1v) is 5.82. The Morgan fingerprint density at radius 2 is 1.92 bits per heavy atom. The molecule has 2 nitrogen and oxygen atoms in total. The molecule has 0 spiro atoms.